The van der Waals surface area contributed by atoms with Gasteiger partial charge in [-0.25, -0.2) is 13.8 Å². The van der Waals surface area contributed by atoms with Gasteiger partial charge in [-0.1, -0.05) is 0 Å². The lowest BCUT2D eigenvalue weighted by Crippen LogP contribution is -2.12. The van der Waals surface area contributed by atoms with Crippen LogP contribution in [-0.4, -0.2) is 4.98 Å². The Balaban J connectivity index is 3.40. The highest BCUT2D eigenvalue weighted by molar-refractivity contribution is 14.1. The Morgan fingerprint density at radius 3 is 2.31 bits per heavy atom. The van der Waals surface area contributed by atoms with E-state index in [0.29, 0.717) is 6.07 Å². The number of rotatable bonds is 2. The summed E-state index contributed by atoms with van der Waals surface area (Å²) in [5.74, 6) is -0.274. The Hall–Kier alpha value is -0.180. The third-order valence-electron chi connectivity index (χ3n) is 1.70. The first-order valence-corrected chi connectivity index (χ1v) is 5.49. The Morgan fingerprint density at radius 1 is 1.38 bits per heavy atom. The van der Waals surface area contributed by atoms with Crippen molar-refractivity contribution in [3.05, 3.63) is 26.6 Å². The third-order valence-corrected chi connectivity index (χ3v) is 3.23. The van der Waals surface area contributed by atoms with E-state index in [-0.39, 0.29) is 15.0 Å². The number of pyridine rings is 1. The van der Waals surface area contributed by atoms with E-state index in [2.05, 4.69) is 4.98 Å². The molecule has 0 fully saturated rings. The average Bonchev–Trinajstić information content (AvgIpc) is 2.15. The molecule has 0 saturated carbocycles. The summed E-state index contributed by atoms with van der Waals surface area (Å²) in [6.45, 7) is 0. The Bertz CT molecular complexity index is 393. The van der Waals surface area contributed by atoms with Crippen molar-refractivity contribution in [2.45, 2.75) is 18.5 Å². The molecule has 0 aliphatic carbocycles. The lowest BCUT2D eigenvalue weighted by Gasteiger charge is -2.12. The highest BCUT2D eigenvalue weighted by Crippen LogP contribution is 2.33. The number of nitrogens with zero attached hydrogens (tertiary/aromatic N) is 1. The predicted molar refractivity (Wildman–Crippen MR) is 56.5 cm³/mol. The maximum absolute atomic E-state index is 12.4. The second-order valence-corrected chi connectivity index (χ2v) is 4.14. The highest BCUT2D eigenvalue weighted by atomic mass is 127. The van der Waals surface area contributed by atoms with Crippen molar-refractivity contribution in [3.8, 4) is 0 Å². The minimum Gasteiger partial charge on any atom is -0.241 e. The summed E-state index contributed by atoms with van der Waals surface area (Å²) in [6, 6.07) is 0.681. The van der Waals surface area contributed by atoms with Crippen LogP contribution in [0.2, 0.25) is 0 Å². The van der Waals surface area contributed by atoms with E-state index in [4.69, 9.17) is 11.6 Å². The summed E-state index contributed by atoms with van der Waals surface area (Å²) in [5, 5.41) is 0. The molecule has 1 rings (SSSR count). The number of halogens is 7. The number of hydrogen-bond acceptors (Lipinski definition) is 1. The van der Waals surface area contributed by atoms with Gasteiger partial charge >= 0.3 is 6.18 Å². The van der Waals surface area contributed by atoms with E-state index in [1.165, 1.54) is 22.6 Å². The SMILES string of the molecule is FC(F)c1nc(C(F)(F)F)cc(CCl)c1I. The molecule has 0 unspecified atom stereocenters. The van der Waals surface area contributed by atoms with Gasteiger partial charge in [-0.15, -0.1) is 11.6 Å². The Morgan fingerprint density at radius 2 is 1.94 bits per heavy atom. The van der Waals surface area contributed by atoms with Crippen LogP contribution >= 0.6 is 34.2 Å². The minimum atomic E-state index is -4.76. The first kappa shape index (κ1) is 13.9. The average molecular weight is 371 g/mol. The molecule has 8 heteroatoms. The van der Waals surface area contributed by atoms with E-state index in [1.54, 1.807) is 0 Å². The van der Waals surface area contributed by atoms with Crippen molar-refractivity contribution < 1.29 is 22.0 Å². The number of aromatic nitrogens is 1. The smallest absolute Gasteiger partial charge is 0.241 e. The third kappa shape index (κ3) is 2.93. The highest BCUT2D eigenvalue weighted by Gasteiger charge is 2.34. The van der Waals surface area contributed by atoms with E-state index in [0.717, 1.165) is 0 Å². The molecule has 0 N–H and O–H groups in total. The fourth-order valence-corrected chi connectivity index (χ4v) is 2.13. The topological polar surface area (TPSA) is 12.9 Å². The molecule has 0 aliphatic heterocycles. The van der Waals surface area contributed by atoms with Crippen molar-refractivity contribution >= 4 is 34.2 Å². The fraction of sp³-hybridized carbons (Fsp3) is 0.375. The van der Waals surface area contributed by atoms with Gasteiger partial charge in [0.25, 0.3) is 6.43 Å². The Labute approximate surface area is 106 Å². The molecule has 90 valence electrons. The number of hydrogen-bond donors (Lipinski definition) is 0. The van der Waals surface area contributed by atoms with Crippen LogP contribution in [0.5, 0.6) is 0 Å². The molecule has 0 bridgehead atoms. The van der Waals surface area contributed by atoms with Gasteiger partial charge in [-0.05, 0) is 34.2 Å². The van der Waals surface area contributed by atoms with Crippen LogP contribution in [0.15, 0.2) is 6.07 Å². The molecule has 0 amide bonds. The molecular weight excluding hydrogens is 367 g/mol. The zero-order chi connectivity index (χ0) is 12.5. The van der Waals surface area contributed by atoms with Crippen LogP contribution in [0.25, 0.3) is 0 Å². The van der Waals surface area contributed by atoms with Crippen LogP contribution in [0.1, 0.15) is 23.4 Å². The van der Waals surface area contributed by atoms with Crippen LogP contribution in [0.3, 0.4) is 0 Å². The maximum atomic E-state index is 12.4. The second kappa shape index (κ2) is 4.99. The molecule has 1 aromatic rings. The van der Waals surface area contributed by atoms with Crippen molar-refractivity contribution in [2.24, 2.45) is 0 Å². The van der Waals surface area contributed by atoms with E-state index in [1.807, 2.05) is 0 Å². The first-order valence-electron chi connectivity index (χ1n) is 3.88. The van der Waals surface area contributed by atoms with E-state index in [9.17, 15) is 22.0 Å². The minimum absolute atomic E-state index is 0.000100. The summed E-state index contributed by atoms with van der Waals surface area (Å²) >= 11 is 6.89. The standard InChI is InChI=1S/C8H4ClF5IN/c9-2-3-1-4(8(12,13)14)16-6(5(3)15)7(10)11/h1,7H,2H2. The van der Waals surface area contributed by atoms with Gasteiger partial charge in [-0.2, -0.15) is 13.2 Å². The second-order valence-electron chi connectivity index (χ2n) is 2.80. The van der Waals surface area contributed by atoms with Gasteiger partial charge in [0.1, 0.15) is 11.4 Å². The summed E-state index contributed by atoms with van der Waals surface area (Å²) in [4.78, 5) is 2.91. The van der Waals surface area contributed by atoms with Crippen molar-refractivity contribution in [1.82, 2.24) is 4.98 Å². The van der Waals surface area contributed by atoms with Crippen LogP contribution in [0.4, 0.5) is 22.0 Å². The van der Waals surface area contributed by atoms with Crippen LogP contribution in [-0.2, 0) is 12.1 Å². The van der Waals surface area contributed by atoms with Gasteiger partial charge in [0.05, 0.1) is 0 Å². The molecule has 1 heterocycles. The molecular formula is C8H4ClF5IN. The summed E-state index contributed by atoms with van der Waals surface area (Å²) in [5.41, 5.74) is -2.23. The quantitative estimate of drug-likeness (QED) is 0.427. The predicted octanol–water partition coefficient (Wildman–Crippen LogP) is 4.38. The monoisotopic (exact) mass is 371 g/mol. The zero-order valence-corrected chi connectivity index (χ0v) is 10.4. The molecule has 0 radical (unpaired) electrons. The van der Waals surface area contributed by atoms with E-state index < -0.39 is 24.0 Å². The fourth-order valence-electron chi connectivity index (χ4n) is 0.991. The lowest BCUT2D eigenvalue weighted by atomic mass is 10.2. The molecule has 0 atom stereocenters. The molecule has 0 aromatic carbocycles. The summed E-state index contributed by atoms with van der Waals surface area (Å²) in [7, 11) is 0. The zero-order valence-electron chi connectivity index (χ0n) is 7.45. The molecule has 16 heavy (non-hydrogen) atoms. The van der Waals surface area contributed by atoms with Gasteiger partial charge in [0.2, 0.25) is 0 Å². The van der Waals surface area contributed by atoms with Crippen molar-refractivity contribution in [3.63, 3.8) is 0 Å². The largest absolute Gasteiger partial charge is 0.433 e. The van der Waals surface area contributed by atoms with Crippen molar-refractivity contribution in [1.29, 1.82) is 0 Å². The first-order chi connectivity index (χ1) is 7.27. The number of alkyl halides is 6. The maximum Gasteiger partial charge on any atom is 0.433 e. The van der Waals surface area contributed by atoms with Crippen LogP contribution in [0, 0.1) is 3.57 Å². The molecule has 0 saturated heterocycles. The van der Waals surface area contributed by atoms with Gasteiger partial charge in [0.15, 0.2) is 0 Å². The van der Waals surface area contributed by atoms with Gasteiger partial charge in [-0.3, -0.25) is 0 Å². The molecule has 0 spiro atoms. The summed E-state index contributed by atoms with van der Waals surface area (Å²) in [6.07, 6.45) is -7.81. The van der Waals surface area contributed by atoms with Gasteiger partial charge < -0.3 is 0 Å². The molecule has 1 aromatic heterocycles. The Kier molecular flexibility index (Phi) is 4.33. The van der Waals surface area contributed by atoms with E-state index >= 15 is 0 Å². The summed E-state index contributed by atoms with van der Waals surface area (Å²) < 4.78 is 61.8. The van der Waals surface area contributed by atoms with Crippen LogP contribution < -0.4 is 0 Å². The molecule has 0 aliphatic rings. The van der Waals surface area contributed by atoms with Crippen molar-refractivity contribution in [2.75, 3.05) is 0 Å². The lowest BCUT2D eigenvalue weighted by molar-refractivity contribution is -0.141. The normalized spacial score (nSPS) is 12.2. The van der Waals surface area contributed by atoms with Gasteiger partial charge in [0, 0.05) is 9.45 Å². The molecule has 1 nitrogen and oxygen atoms in total.